The van der Waals surface area contributed by atoms with Crippen LogP contribution >= 0.6 is 0 Å². The Morgan fingerprint density at radius 3 is 2.33 bits per heavy atom. The van der Waals surface area contributed by atoms with Gasteiger partial charge in [-0.2, -0.15) is 0 Å². The van der Waals surface area contributed by atoms with Crippen molar-refractivity contribution in [3.8, 4) is 11.1 Å². The van der Waals surface area contributed by atoms with E-state index in [2.05, 4.69) is 10.1 Å². The second-order valence-electron chi connectivity index (χ2n) is 5.03. The average Bonchev–Trinajstić information content (AvgIpc) is 2.55. The first-order valence-electron chi connectivity index (χ1n) is 7.19. The maximum Gasteiger partial charge on any atom is 0.407 e. The highest BCUT2D eigenvalue weighted by Gasteiger charge is 2.08. The average molecular weight is 334 g/mol. The zero-order chi connectivity index (χ0) is 17.5. The molecular weight excluding hydrogens is 318 g/mol. The summed E-state index contributed by atoms with van der Waals surface area (Å²) in [4.78, 5) is 21.7. The molecule has 0 unspecified atom stereocenters. The van der Waals surface area contributed by atoms with Gasteiger partial charge in [0.1, 0.15) is 11.6 Å². The third-order valence-electron chi connectivity index (χ3n) is 3.24. The van der Waals surface area contributed by atoms with Crippen molar-refractivity contribution in [1.82, 2.24) is 5.32 Å². The van der Waals surface area contributed by atoms with Crippen molar-refractivity contribution >= 4 is 12.0 Å². The van der Waals surface area contributed by atoms with Crippen molar-refractivity contribution in [3.05, 3.63) is 59.7 Å². The van der Waals surface area contributed by atoms with Gasteiger partial charge in [0.2, 0.25) is 0 Å². The van der Waals surface area contributed by atoms with E-state index in [0.29, 0.717) is 16.7 Å². The number of ether oxygens (including phenoxy) is 1. The molecule has 2 aromatic rings. The first kappa shape index (κ1) is 17.4. The minimum Gasteiger partial charge on any atom is -0.439 e. The SMILES string of the molecule is NC(=O)COC(=O)NCCc1ccc(-c2ccc(F)cc2)cc1F. The molecule has 2 aromatic carbocycles. The molecule has 0 spiro atoms. The van der Waals surface area contributed by atoms with Crippen LogP contribution in [0.25, 0.3) is 11.1 Å². The second-order valence-corrected chi connectivity index (χ2v) is 5.03. The summed E-state index contributed by atoms with van der Waals surface area (Å²) in [5.41, 5.74) is 6.58. The van der Waals surface area contributed by atoms with Gasteiger partial charge in [-0.05, 0) is 41.3 Å². The van der Waals surface area contributed by atoms with E-state index in [1.54, 1.807) is 24.3 Å². The lowest BCUT2D eigenvalue weighted by Crippen LogP contribution is -2.30. The highest BCUT2D eigenvalue weighted by Crippen LogP contribution is 2.22. The maximum absolute atomic E-state index is 14.1. The quantitative estimate of drug-likeness (QED) is 0.851. The van der Waals surface area contributed by atoms with Crippen molar-refractivity contribution in [2.24, 2.45) is 5.73 Å². The number of amides is 2. The fourth-order valence-electron chi connectivity index (χ4n) is 2.06. The number of nitrogens with one attached hydrogen (secondary N) is 1. The zero-order valence-electron chi connectivity index (χ0n) is 12.7. The van der Waals surface area contributed by atoms with Gasteiger partial charge in [0.05, 0.1) is 0 Å². The number of hydrogen-bond donors (Lipinski definition) is 2. The van der Waals surface area contributed by atoms with Crippen LogP contribution in [0.5, 0.6) is 0 Å². The molecule has 0 aromatic heterocycles. The van der Waals surface area contributed by atoms with Gasteiger partial charge in [0, 0.05) is 6.54 Å². The van der Waals surface area contributed by atoms with Gasteiger partial charge in [-0.25, -0.2) is 13.6 Å². The number of carbonyl (C=O) groups excluding carboxylic acids is 2. The summed E-state index contributed by atoms with van der Waals surface area (Å²) in [6.07, 6.45) is -0.543. The molecule has 0 atom stereocenters. The minimum absolute atomic E-state index is 0.143. The van der Waals surface area contributed by atoms with Gasteiger partial charge < -0.3 is 15.8 Å². The Hall–Kier alpha value is -2.96. The van der Waals surface area contributed by atoms with Gasteiger partial charge in [-0.3, -0.25) is 4.79 Å². The largest absolute Gasteiger partial charge is 0.439 e. The fraction of sp³-hybridized carbons (Fsp3) is 0.176. The number of rotatable bonds is 6. The molecule has 0 heterocycles. The normalized spacial score (nSPS) is 10.2. The lowest BCUT2D eigenvalue weighted by molar-refractivity contribution is -0.120. The minimum atomic E-state index is -0.794. The van der Waals surface area contributed by atoms with Gasteiger partial charge in [-0.15, -0.1) is 0 Å². The predicted molar refractivity (Wildman–Crippen MR) is 84.0 cm³/mol. The number of primary amides is 1. The van der Waals surface area contributed by atoms with Crippen molar-refractivity contribution in [2.75, 3.05) is 13.2 Å². The van der Waals surface area contributed by atoms with E-state index in [4.69, 9.17) is 5.73 Å². The van der Waals surface area contributed by atoms with Gasteiger partial charge in [0.15, 0.2) is 6.61 Å². The first-order chi connectivity index (χ1) is 11.5. The summed E-state index contributed by atoms with van der Waals surface area (Å²) >= 11 is 0. The molecule has 0 bridgehead atoms. The third-order valence-corrected chi connectivity index (χ3v) is 3.24. The van der Waals surface area contributed by atoms with Crippen LogP contribution in [0, 0.1) is 11.6 Å². The number of carbonyl (C=O) groups is 2. The molecule has 24 heavy (non-hydrogen) atoms. The van der Waals surface area contributed by atoms with E-state index in [-0.39, 0.29) is 18.8 Å². The molecule has 2 rings (SSSR count). The van der Waals surface area contributed by atoms with Crippen LogP contribution in [-0.2, 0) is 16.0 Å². The van der Waals surface area contributed by atoms with Gasteiger partial charge >= 0.3 is 6.09 Å². The second kappa shape index (κ2) is 8.05. The lowest BCUT2D eigenvalue weighted by atomic mass is 10.0. The topological polar surface area (TPSA) is 81.4 Å². The van der Waals surface area contributed by atoms with Crippen LogP contribution in [0.4, 0.5) is 13.6 Å². The number of benzene rings is 2. The Morgan fingerprint density at radius 1 is 1.04 bits per heavy atom. The van der Waals surface area contributed by atoms with Crippen LogP contribution in [0.15, 0.2) is 42.5 Å². The van der Waals surface area contributed by atoms with Crippen molar-refractivity contribution in [1.29, 1.82) is 0 Å². The van der Waals surface area contributed by atoms with E-state index in [9.17, 15) is 18.4 Å². The molecule has 0 fully saturated rings. The Balaban J connectivity index is 1.92. The Labute approximate surface area is 137 Å². The molecule has 0 saturated heterocycles. The van der Waals surface area contributed by atoms with Crippen molar-refractivity contribution in [3.63, 3.8) is 0 Å². The van der Waals surface area contributed by atoms with E-state index in [1.165, 1.54) is 18.2 Å². The smallest absolute Gasteiger partial charge is 0.407 e. The standard InChI is InChI=1S/C17H16F2N2O3/c18-14-5-3-11(4-6-14)13-2-1-12(15(19)9-13)7-8-21-17(23)24-10-16(20)22/h1-6,9H,7-8,10H2,(H2,20,22)(H,21,23). The van der Waals surface area contributed by atoms with Crippen LogP contribution < -0.4 is 11.1 Å². The molecule has 126 valence electrons. The summed E-state index contributed by atoms with van der Waals surface area (Å²) in [7, 11) is 0. The monoisotopic (exact) mass is 334 g/mol. The molecule has 0 radical (unpaired) electrons. The molecule has 3 N–H and O–H groups in total. The van der Waals surface area contributed by atoms with E-state index >= 15 is 0 Å². The summed E-state index contributed by atoms with van der Waals surface area (Å²) < 4.78 is 31.5. The molecular formula is C17H16F2N2O3. The highest BCUT2D eigenvalue weighted by molar-refractivity contribution is 5.78. The van der Waals surface area contributed by atoms with Gasteiger partial charge in [0.25, 0.3) is 5.91 Å². The zero-order valence-corrected chi connectivity index (χ0v) is 12.7. The molecule has 7 heteroatoms. The summed E-state index contributed by atoms with van der Waals surface area (Å²) in [6, 6.07) is 10.4. The summed E-state index contributed by atoms with van der Waals surface area (Å²) in [5.74, 6) is -1.54. The van der Waals surface area contributed by atoms with E-state index in [0.717, 1.165) is 0 Å². The number of hydrogen-bond acceptors (Lipinski definition) is 3. The summed E-state index contributed by atoms with van der Waals surface area (Å²) in [5, 5.41) is 2.39. The Bertz CT molecular complexity index is 733. The number of nitrogens with two attached hydrogens (primary N) is 1. The van der Waals surface area contributed by atoms with Crippen molar-refractivity contribution in [2.45, 2.75) is 6.42 Å². The van der Waals surface area contributed by atoms with Crippen LogP contribution in [0.3, 0.4) is 0 Å². The molecule has 2 amide bonds. The van der Waals surface area contributed by atoms with Crippen molar-refractivity contribution < 1.29 is 23.1 Å². The third kappa shape index (κ3) is 5.05. The highest BCUT2D eigenvalue weighted by atomic mass is 19.1. The summed E-state index contributed by atoms with van der Waals surface area (Å²) in [6.45, 7) is -0.364. The van der Waals surface area contributed by atoms with E-state index < -0.39 is 24.4 Å². The van der Waals surface area contributed by atoms with Gasteiger partial charge in [-0.1, -0.05) is 24.3 Å². The first-order valence-corrected chi connectivity index (χ1v) is 7.19. The van der Waals surface area contributed by atoms with Crippen LogP contribution in [-0.4, -0.2) is 25.2 Å². The molecule has 0 aliphatic heterocycles. The van der Waals surface area contributed by atoms with Crippen LogP contribution in [0.1, 0.15) is 5.56 Å². The lowest BCUT2D eigenvalue weighted by Gasteiger charge is -2.08. The molecule has 0 saturated carbocycles. The molecule has 5 nitrogen and oxygen atoms in total. The maximum atomic E-state index is 14.1. The van der Waals surface area contributed by atoms with Crippen LogP contribution in [0.2, 0.25) is 0 Å². The Kier molecular flexibility index (Phi) is 5.83. The fourth-order valence-corrected chi connectivity index (χ4v) is 2.06. The number of alkyl carbamates (subject to hydrolysis) is 1. The Morgan fingerprint density at radius 2 is 1.71 bits per heavy atom. The molecule has 0 aliphatic rings. The number of halogens is 2. The molecule has 0 aliphatic carbocycles. The van der Waals surface area contributed by atoms with E-state index in [1.807, 2.05) is 0 Å². The predicted octanol–water partition coefficient (Wildman–Crippen LogP) is 2.39.